The van der Waals surface area contributed by atoms with Crippen LogP contribution in [0.25, 0.3) is 4.96 Å². The van der Waals surface area contributed by atoms with Gasteiger partial charge in [0.1, 0.15) is 0 Å². The highest BCUT2D eigenvalue weighted by atomic mass is 32.1. The third kappa shape index (κ3) is 2.05. The molecule has 0 radical (unpaired) electrons. The molecule has 0 amide bonds. The molecule has 0 saturated heterocycles. The van der Waals surface area contributed by atoms with Crippen LogP contribution in [0.5, 0.6) is 0 Å². The zero-order valence-electron chi connectivity index (χ0n) is 9.59. The quantitative estimate of drug-likeness (QED) is 0.843. The minimum Gasteiger partial charge on any atom is -0.481 e. The van der Waals surface area contributed by atoms with Gasteiger partial charge in [-0.15, -0.1) is 11.3 Å². The SMILES string of the molecule is CCC(CN)(Cc1cn2ccsc2n1)C(=O)O. The van der Waals surface area contributed by atoms with E-state index in [1.165, 1.54) is 11.3 Å². The molecule has 2 heterocycles. The van der Waals surface area contributed by atoms with Crippen LogP contribution in [0.4, 0.5) is 0 Å². The highest BCUT2D eigenvalue weighted by Crippen LogP contribution is 2.26. The molecule has 0 spiro atoms. The number of aliphatic carboxylic acids is 1. The highest BCUT2D eigenvalue weighted by Gasteiger charge is 2.36. The number of aromatic nitrogens is 2. The summed E-state index contributed by atoms with van der Waals surface area (Å²) >= 11 is 1.53. The number of hydrogen-bond acceptors (Lipinski definition) is 4. The summed E-state index contributed by atoms with van der Waals surface area (Å²) in [7, 11) is 0. The number of nitrogens with two attached hydrogens (primary N) is 1. The van der Waals surface area contributed by atoms with E-state index in [1.807, 2.05) is 29.1 Å². The van der Waals surface area contributed by atoms with E-state index < -0.39 is 11.4 Å². The molecule has 0 saturated carbocycles. The van der Waals surface area contributed by atoms with Crippen molar-refractivity contribution < 1.29 is 9.90 Å². The summed E-state index contributed by atoms with van der Waals surface area (Å²) in [5, 5.41) is 11.2. The van der Waals surface area contributed by atoms with Crippen molar-refractivity contribution in [3.05, 3.63) is 23.5 Å². The van der Waals surface area contributed by atoms with Crippen molar-refractivity contribution in [3.8, 4) is 0 Å². The number of carbonyl (C=O) groups is 1. The number of carboxylic acid groups (broad SMARTS) is 1. The molecule has 0 fully saturated rings. The molecule has 0 aliphatic carbocycles. The molecule has 1 atom stereocenters. The van der Waals surface area contributed by atoms with E-state index in [1.54, 1.807) is 0 Å². The van der Waals surface area contributed by atoms with Gasteiger partial charge >= 0.3 is 5.97 Å². The zero-order chi connectivity index (χ0) is 12.5. The standard InChI is InChI=1S/C11H15N3O2S/c1-2-11(7-12,9(15)16)5-8-6-14-3-4-17-10(14)13-8/h3-4,6H,2,5,7,12H2,1H3,(H,15,16). The van der Waals surface area contributed by atoms with Crippen LogP contribution in [0.2, 0.25) is 0 Å². The maximum Gasteiger partial charge on any atom is 0.311 e. The second-order valence-corrected chi connectivity index (χ2v) is 5.02. The van der Waals surface area contributed by atoms with E-state index in [2.05, 4.69) is 4.98 Å². The van der Waals surface area contributed by atoms with Gasteiger partial charge in [0.2, 0.25) is 0 Å². The van der Waals surface area contributed by atoms with Gasteiger partial charge in [-0.05, 0) is 6.42 Å². The van der Waals surface area contributed by atoms with E-state index in [0.717, 1.165) is 10.7 Å². The van der Waals surface area contributed by atoms with E-state index >= 15 is 0 Å². The average molecular weight is 253 g/mol. The smallest absolute Gasteiger partial charge is 0.311 e. The van der Waals surface area contributed by atoms with E-state index in [-0.39, 0.29) is 6.54 Å². The van der Waals surface area contributed by atoms with Crippen LogP contribution in [0.1, 0.15) is 19.0 Å². The Morgan fingerprint density at radius 2 is 2.47 bits per heavy atom. The van der Waals surface area contributed by atoms with Gasteiger partial charge in [-0.3, -0.25) is 9.20 Å². The molecular formula is C11H15N3O2S. The lowest BCUT2D eigenvalue weighted by atomic mass is 9.81. The second-order valence-electron chi connectivity index (χ2n) is 4.15. The van der Waals surface area contributed by atoms with Crippen LogP contribution in [0.15, 0.2) is 17.8 Å². The van der Waals surface area contributed by atoms with Gasteiger partial charge < -0.3 is 10.8 Å². The summed E-state index contributed by atoms with van der Waals surface area (Å²) < 4.78 is 1.90. The fraction of sp³-hybridized carbons (Fsp3) is 0.455. The normalized spacial score (nSPS) is 14.9. The fourth-order valence-electron chi connectivity index (χ4n) is 1.86. The van der Waals surface area contributed by atoms with Gasteiger partial charge in [0.25, 0.3) is 0 Å². The average Bonchev–Trinajstić information content (AvgIpc) is 2.85. The first kappa shape index (κ1) is 12.1. The van der Waals surface area contributed by atoms with Crippen molar-refractivity contribution in [2.24, 2.45) is 11.1 Å². The number of rotatable bonds is 5. The van der Waals surface area contributed by atoms with Crippen molar-refractivity contribution in [2.45, 2.75) is 19.8 Å². The minimum absolute atomic E-state index is 0.129. The molecule has 0 bridgehead atoms. The Morgan fingerprint density at radius 1 is 1.71 bits per heavy atom. The Labute approximate surface area is 103 Å². The van der Waals surface area contributed by atoms with Crippen LogP contribution < -0.4 is 5.73 Å². The molecule has 6 heteroatoms. The molecule has 2 aromatic rings. The topological polar surface area (TPSA) is 80.6 Å². The molecule has 92 valence electrons. The third-order valence-electron chi connectivity index (χ3n) is 3.18. The molecule has 17 heavy (non-hydrogen) atoms. The summed E-state index contributed by atoms with van der Waals surface area (Å²) in [6.45, 7) is 1.98. The number of fused-ring (bicyclic) bond motifs is 1. The maximum atomic E-state index is 11.3. The number of nitrogens with zero attached hydrogens (tertiary/aromatic N) is 2. The van der Waals surface area contributed by atoms with Crippen molar-refractivity contribution in [3.63, 3.8) is 0 Å². The molecule has 0 aliphatic rings. The number of imidazole rings is 1. The second kappa shape index (κ2) is 4.46. The Morgan fingerprint density at radius 3 is 3.00 bits per heavy atom. The maximum absolute atomic E-state index is 11.3. The van der Waals surface area contributed by atoms with Crippen LogP contribution in [-0.2, 0) is 11.2 Å². The molecule has 2 aromatic heterocycles. The van der Waals surface area contributed by atoms with Gasteiger partial charge in [0, 0.05) is 30.7 Å². The number of thiazole rings is 1. The lowest BCUT2D eigenvalue weighted by Crippen LogP contribution is -2.40. The van der Waals surface area contributed by atoms with Crippen molar-refractivity contribution >= 4 is 22.3 Å². The van der Waals surface area contributed by atoms with Gasteiger partial charge in [-0.25, -0.2) is 4.98 Å². The van der Waals surface area contributed by atoms with Crippen LogP contribution in [0, 0.1) is 5.41 Å². The lowest BCUT2D eigenvalue weighted by molar-refractivity contribution is -0.148. The predicted molar refractivity (Wildman–Crippen MR) is 66.2 cm³/mol. The summed E-state index contributed by atoms with van der Waals surface area (Å²) in [6.07, 6.45) is 4.66. The zero-order valence-corrected chi connectivity index (χ0v) is 10.4. The Balaban J connectivity index is 2.29. The van der Waals surface area contributed by atoms with Crippen molar-refractivity contribution in [1.29, 1.82) is 0 Å². The lowest BCUT2D eigenvalue weighted by Gasteiger charge is -2.25. The van der Waals surface area contributed by atoms with E-state index in [0.29, 0.717) is 12.8 Å². The Bertz CT molecular complexity index is 499. The van der Waals surface area contributed by atoms with Gasteiger partial charge in [-0.2, -0.15) is 0 Å². The summed E-state index contributed by atoms with van der Waals surface area (Å²) in [5.41, 5.74) is 5.51. The molecule has 5 nitrogen and oxygen atoms in total. The first-order valence-electron chi connectivity index (χ1n) is 5.46. The molecule has 3 N–H and O–H groups in total. The minimum atomic E-state index is -0.899. The Hall–Kier alpha value is -1.40. The molecule has 0 aliphatic heterocycles. The summed E-state index contributed by atoms with van der Waals surface area (Å²) in [4.78, 5) is 16.6. The van der Waals surface area contributed by atoms with Crippen molar-refractivity contribution in [2.75, 3.05) is 6.54 Å². The van der Waals surface area contributed by atoms with Gasteiger partial charge in [0.15, 0.2) is 4.96 Å². The van der Waals surface area contributed by atoms with Crippen LogP contribution >= 0.6 is 11.3 Å². The predicted octanol–water partition coefficient (Wildman–Crippen LogP) is 1.38. The summed E-state index contributed by atoms with van der Waals surface area (Å²) in [5.74, 6) is -0.848. The van der Waals surface area contributed by atoms with E-state index in [9.17, 15) is 9.90 Å². The molecule has 1 unspecified atom stereocenters. The highest BCUT2D eigenvalue weighted by molar-refractivity contribution is 7.15. The van der Waals surface area contributed by atoms with Gasteiger partial charge in [0.05, 0.1) is 11.1 Å². The third-order valence-corrected chi connectivity index (χ3v) is 3.95. The first-order chi connectivity index (χ1) is 8.11. The number of hydrogen-bond donors (Lipinski definition) is 2. The largest absolute Gasteiger partial charge is 0.481 e. The molecule has 2 rings (SSSR count). The summed E-state index contributed by atoms with van der Waals surface area (Å²) in [6, 6.07) is 0. The van der Waals surface area contributed by atoms with E-state index in [4.69, 9.17) is 5.73 Å². The van der Waals surface area contributed by atoms with Gasteiger partial charge in [-0.1, -0.05) is 6.92 Å². The number of carboxylic acids is 1. The monoisotopic (exact) mass is 253 g/mol. The van der Waals surface area contributed by atoms with Crippen molar-refractivity contribution in [1.82, 2.24) is 9.38 Å². The van der Waals surface area contributed by atoms with Crippen LogP contribution in [-0.4, -0.2) is 27.0 Å². The Kier molecular flexibility index (Phi) is 3.17. The fourth-order valence-corrected chi connectivity index (χ4v) is 2.58. The molecular weight excluding hydrogens is 238 g/mol. The first-order valence-corrected chi connectivity index (χ1v) is 6.34. The molecule has 0 aromatic carbocycles. The van der Waals surface area contributed by atoms with Crippen LogP contribution in [0.3, 0.4) is 0 Å².